The molecule has 6 heteroatoms. The second kappa shape index (κ2) is 5.43. The number of thiophene rings is 1. The van der Waals surface area contributed by atoms with Crippen LogP contribution < -0.4 is 5.32 Å². The van der Waals surface area contributed by atoms with Crippen molar-refractivity contribution in [3.05, 3.63) is 33.1 Å². The van der Waals surface area contributed by atoms with Crippen molar-refractivity contribution in [2.75, 3.05) is 0 Å². The van der Waals surface area contributed by atoms with Crippen molar-refractivity contribution in [1.29, 1.82) is 0 Å². The fourth-order valence-electron chi connectivity index (χ4n) is 1.68. The molecule has 21 heavy (non-hydrogen) atoms. The van der Waals surface area contributed by atoms with Crippen molar-refractivity contribution in [2.45, 2.75) is 38.8 Å². The highest BCUT2D eigenvalue weighted by Crippen LogP contribution is 2.37. The van der Waals surface area contributed by atoms with E-state index in [1.807, 2.05) is 0 Å². The van der Waals surface area contributed by atoms with Crippen LogP contribution in [0.3, 0.4) is 0 Å². The van der Waals surface area contributed by atoms with E-state index >= 15 is 0 Å². The van der Waals surface area contributed by atoms with E-state index in [0.717, 1.165) is 10.1 Å². The molecule has 2 N–H and O–H groups in total. The van der Waals surface area contributed by atoms with Crippen LogP contribution >= 0.6 is 34.5 Å². The van der Waals surface area contributed by atoms with Crippen LogP contribution in [0.25, 0.3) is 10.1 Å². The summed E-state index contributed by atoms with van der Waals surface area (Å²) >= 11 is 13.5. The number of hydrogen-bond donors (Lipinski definition) is 2. The molecule has 0 saturated carbocycles. The zero-order chi connectivity index (χ0) is 16.0. The lowest BCUT2D eigenvalue weighted by Crippen LogP contribution is -2.57. The largest absolute Gasteiger partial charge is 0.388 e. The minimum atomic E-state index is -1.06. The van der Waals surface area contributed by atoms with Crippen molar-refractivity contribution in [3.8, 4) is 0 Å². The quantitative estimate of drug-likeness (QED) is 0.860. The molecule has 0 aliphatic carbocycles. The van der Waals surface area contributed by atoms with Gasteiger partial charge >= 0.3 is 0 Å². The topological polar surface area (TPSA) is 49.3 Å². The zero-order valence-electron chi connectivity index (χ0n) is 12.3. The Kier molecular flexibility index (Phi) is 4.28. The Morgan fingerprint density at radius 3 is 2.43 bits per heavy atom. The summed E-state index contributed by atoms with van der Waals surface area (Å²) in [6.45, 7) is 6.84. The standard InChI is InChI=1S/C15H17Cl2NO2S/c1-14(2,15(3,4)20)18-13(19)12-11(17)9-6-5-8(16)7-10(9)21-12/h5-7,20H,1-4H3,(H,18,19). The van der Waals surface area contributed by atoms with E-state index in [1.165, 1.54) is 11.3 Å². The smallest absolute Gasteiger partial charge is 0.263 e. The summed E-state index contributed by atoms with van der Waals surface area (Å²) in [4.78, 5) is 12.9. The van der Waals surface area contributed by atoms with Gasteiger partial charge in [-0.2, -0.15) is 0 Å². The molecule has 1 heterocycles. The predicted octanol–water partition coefficient (Wildman–Crippen LogP) is 4.49. The molecule has 3 nitrogen and oxygen atoms in total. The number of hydrogen-bond acceptors (Lipinski definition) is 3. The van der Waals surface area contributed by atoms with E-state index in [2.05, 4.69) is 5.32 Å². The Morgan fingerprint density at radius 1 is 1.24 bits per heavy atom. The number of rotatable bonds is 3. The summed E-state index contributed by atoms with van der Waals surface area (Å²) in [5.74, 6) is -0.301. The molecule has 0 aliphatic rings. The van der Waals surface area contributed by atoms with Gasteiger partial charge in [0.25, 0.3) is 5.91 Å². The van der Waals surface area contributed by atoms with Crippen LogP contribution in [-0.4, -0.2) is 22.2 Å². The number of benzene rings is 1. The Labute approximate surface area is 137 Å². The first-order valence-electron chi connectivity index (χ1n) is 6.45. The number of fused-ring (bicyclic) bond motifs is 1. The highest BCUT2D eigenvalue weighted by molar-refractivity contribution is 7.21. The normalized spacial score (nSPS) is 12.7. The third kappa shape index (κ3) is 3.19. The molecule has 1 amide bonds. The van der Waals surface area contributed by atoms with Crippen LogP contribution in [0, 0.1) is 0 Å². The maximum absolute atomic E-state index is 12.5. The van der Waals surface area contributed by atoms with Crippen LogP contribution in [0.2, 0.25) is 10.0 Å². The highest BCUT2D eigenvalue weighted by atomic mass is 35.5. The zero-order valence-corrected chi connectivity index (χ0v) is 14.6. The van der Waals surface area contributed by atoms with Gasteiger partial charge in [0.15, 0.2) is 0 Å². The summed E-state index contributed by atoms with van der Waals surface area (Å²) < 4.78 is 0.860. The van der Waals surface area contributed by atoms with E-state index < -0.39 is 11.1 Å². The third-order valence-corrected chi connectivity index (χ3v) is 5.64. The van der Waals surface area contributed by atoms with Crippen molar-refractivity contribution >= 4 is 50.5 Å². The molecule has 2 rings (SSSR count). The fourth-order valence-corrected chi connectivity index (χ4v) is 3.37. The molecule has 114 valence electrons. The minimum Gasteiger partial charge on any atom is -0.388 e. The van der Waals surface area contributed by atoms with Gasteiger partial charge in [-0.05, 0) is 39.8 Å². The molecule has 0 saturated heterocycles. The molecule has 2 aromatic rings. The molecule has 0 unspecified atom stereocenters. The van der Waals surface area contributed by atoms with Gasteiger partial charge in [0.2, 0.25) is 0 Å². The number of nitrogens with one attached hydrogen (secondary N) is 1. The first-order valence-corrected chi connectivity index (χ1v) is 8.02. The van der Waals surface area contributed by atoms with Crippen LogP contribution in [0.1, 0.15) is 37.4 Å². The van der Waals surface area contributed by atoms with Gasteiger partial charge < -0.3 is 10.4 Å². The number of carbonyl (C=O) groups excluding carboxylic acids is 1. The van der Waals surface area contributed by atoms with Gasteiger partial charge in [-0.3, -0.25) is 4.79 Å². The van der Waals surface area contributed by atoms with Crippen molar-refractivity contribution in [2.24, 2.45) is 0 Å². The van der Waals surface area contributed by atoms with Gasteiger partial charge in [-0.15, -0.1) is 11.3 Å². The number of halogens is 2. The molecular weight excluding hydrogens is 329 g/mol. The lowest BCUT2D eigenvalue weighted by Gasteiger charge is -2.37. The average Bonchev–Trinajstić information content (AvgIpc) is 2.64. The molecule has 0 aliphatic heterocycles. The molecule has 0 bridgehead atoms. The Balaban J connectivity index is 2.39. The second-order valence-electron chi connectivity index (χ2n) is 6.02. The van der Waals surface area contributed by atoms with Crippen LogP contribution in [0.4, 0.5) is 0 Å². The van der Waals surface area contributed by atoms with Crippen LogP contribution in [0.5, 0.6) is 0 Å². The lowest BCUT2D eigenvalue weighted by molar-refractivity contribution is -0.00284. The van der Waals surface area contributed by atoms with Gasteiger partial charge in [0, 0.05) is 15.1 Å². The molecule has 1 aromatic carbocycles. The van der Waals surface area contributed by atoms with Gasteiger partial charge in [0.05, 0.1) is 16.2 Å². The highest BCUT2D eigenvalue weighted by Gasteiger charge is 2.37. The Morgan fingerprint density at radius 2 is 1.86 bits per heavy atom. The molecule has 0 spiro atoms. The molecule has 0 atom stereocenters. The molecule has 1 aromatic heterocycles. The maximum Gasteiger partial charge on any atom is 0.263 e. The second-order valence-corrected chi connectivity index (χ2v) is 7.89. The van der Waals surface area contributed by atoms with Gasteiger partial charge in [-0.1, -0.05) is 29.3 Å². The molecule has 0 radical (unpaired) electrons. The summed E-state index contributed by atoms with van der Waals surface area (Å²) in [6.07, 6.45) is 0. The van der Waals surface area contributed by atoms with Gasteiger partial charge in [-0.25, -0.2) is 0 Å². The number of aliphatic hydroxyl groups is 1. The maximum atomic E-state index is 12.5. The van der Waals surface area contributed by atoms with E-state index in [0.29, 0.717) is 14.9 Å². The summed E-state index contributed by atoms with van der Waals surface area (Å²) in [6, 6.07) is 5.32. The lowest BCUT2D eigenvalue weighted by atomic mass is 9.86. The van der Waals surface area contributed by atoms with E-state index in [4.69, 9.17) is 23.2 Å². The van der Waals surface area contributed by atoms with Crippen molar-refractivity contribution in [3.63, 3.8) is 0 Å². The Hall–Kier alpha value is -0.810. The third-order valence-electron chi connectivity index (χ3n) is 3.75. The van der Waals surface area contributed by atoms with Crippen molar-refractivity contribution in [1.82, 2.24) is 5.32 Å². The average molecular weight is 346 g/mol. The SMILES string of the molecule is CC(C)(O)C(C)(C)NC(=O)c1sc2cc(Cl)ccc2c1Cl. The van der Waals surface area contributed by atoms with Crippen LogP contribution in [0.15, 0.2) is 18.2 Å². The monoisotopic (exact) mass is 345 g/mol. The van der Waals surface area contributed by atoms with E-state index in [9.17, 15) is 9.90 Å². The van der Waals surface area contributed by atoms with E-state index in [1.54, 1.807) is 45.9 Å². The predicted molar refractivity (Wildman–Crippen MR) is 89.7 cm³/mol. The van der Waals surface area contributed by atoms with Crippen molar-refractivity contribution < 1.29 is 9.90 Å². The molecule has 0 fully saturated rings. The molecular formula is C15H17Cl2NO2S. The van der Waals surface area contributed by atoms with E-state index in [-0.39, 0.29) is 5.91 Å². The first kappa shape index (κ1) is 16.6. The first-order chi connectivity index (χ1) is 9.53. The summed E-state index contributed by atoms with van der Waals surface area (Å²) in [7, 11) is 0. The fraction of sp³-hybridized carbons (Fsp3) is 0.400. The van der Waals surface area contributed by atoms with Crippen LogP contribution in [-0.2, 0) is 0 Å². The summed E-state index contributed by atoms with van der Waals surface area (Å²) in [5.41, 5.74) is -1.85. The summed E-state index contributed by atoms with van der Waals surface area (Å²) in [5, 5.41) is 14.8. The Bertz CT molecular complexity index is 701. The number of carbonyl (C=O) groups is 1. The van der Waals surface area contributed by atoms with Gasteiger partial charge in [0.1, 0.15) is 4.88 Å². The number of amides is 1. The minimum absolute atomic E-state index is 0.301.